The minimum Gasteiger partial charge on any atom is -0.452 e. The molecule has 0 bridgehead atoms. The molecule has 172 valence electrons. The second kappa shape index (κ2) is 10.7. The number of anilines is 2. The molecule has 0 aliphatic heterocycles. The quantitative estimate of drug-likeness (QED) is 0.405. The van der Waals surface area contributed by atoms with Gasteiger partial charge in [-0.05, 0) is 48.4 Å². The van der Waals surface area contributed by atoms with Crippen LogP contribution in [0.2, 0.25) is 0 Å². The molecule has 0 radical (unpaired) electrons. The van der Waals surface area contributed by atoms with E-state index in [1.807, 2.05) is 0 Å². The van der Waals surface area contributed by atoms with Gasteiger partial charge in [0.25, 0.3) is 5.91 Å². The number of pyridine rings is 1. The lowest BCUT2D eigenvalue weighted by Gasteiger charge is -2.11. The lowest BCUT2D eigenvalue weighted by molar-refractivity contribution is -0.124. The molecule has 0 aliphatic rings. The van der Waals surface area contributed by atoms with E-state index in [9.17, 15) is 22.4 Å². The topological polar surface area (TPSA) is 140 Å². The second-order valence-electron chi connectivity index (χ2n) is 6.87. The van der Waals surface area contributed by atoms with E-state index in [0.717, 1.165) is 5.56 Å². The maximum atomic E-state index is 13.9. The highest BCUT2D eigenvalue weighted by atomic mass is 32.2. The Kier molecular flexibility index (Phi) is 7.70. The average molecular weight is 472 g/mol. The number of nitrogens with zero attached hydrogens (tertiary/aromatic N) is 1. The Morgan fingerprint density at radius 2 is 1.76 bits per heavy atom. The smallest absolute Gasteiger partial charge is 0.342 e. The number of para-hydroxylation sites is 1. The summed E-state index contributed by atoms with van der Waals surface area (Å²) in [6.07, 6.45) is 1.87. The number of primary sulfonamides is 1. The van der Waals surface area contributed by atoms with Gasteiger partial charge in [0.15, 0.2) is 6.61 Å². The van der Waals surface area contributed by atoms with Gasteiger partial charge in [-0.3, -0.25) is 4.79 Å². The van der Waals surface area contributed by atoms with E-state index in [2.05, 4.69) is 15.6 Å². The first-order chi connectivity index (χ1) is 15.7. The predicted octanol–water partition coefficient (Wildman–Crippen LogP) is 2.13. The zero-order valence-corrected chi connectivity index (χ0v) is 18.1. The third-order valence-electron chi connectivity index (χ3n) is 4.48. The molecule has 1 aromatic heterocycles. The highest BCUT2D eigenvalue weighted by Crippen LogP contribution is 2.21. The number of nitrogens with one attached hydrogen (secondary N) is 2. The molecule has 9 nitrogen and oxygen atoms in total. The van der Waals surface area contributed by atoms with Crippen LogP contribution in [0.4, 0.5) is 15.9 Å². The lowest BCUT2D eigenvalue weighted by atomic mass is 10.1. The molecule has 11 heteroatoms. The molecular weight excluding hydrogens is 451 g/mol. The molecule has 3 rings (SSSR count). The fourth-order valence-electron chi connectivity index (χ4n) is 2.81. The van der Waals surface area contributed by atoms with Crippen molar-refractivity contribution in [3.8, 4) is 0 Å². The number of aromatic nitrogens is 1. The summed E-state index contributed by atoms with van der Waals surface area (Å²) < 4.78 is 41.5. The summed E-state index contributed by atoms with van der Waals surface area (Å²) in [6, 6.07) is 14.8. The van der Waals surface area contributed by atoms with Crippen LogP contribution >= 0.6 is 0 Å². The summed E-state index contributed by atoms with van der Waals surface area (Å²) >= 11 is 0. The number of ether oxygens (including phenoxy) is 1. The fourth-order valence-corrected chi connectivity index (χ4v) is 3.33. The van der Waals surface area contributed by atoms with Crippen LogP contribution in [0, 0.1) is 5.82 Å². The molecule has 0 unspecified atom stereocenters. The summed E-state index contributed by atoms with van der Waals surface area (Å²) in [4.78, 5) is 28.5. The number of carbonyl (C=O) groups excluding carboxylic acids is 2. The van der Waals surface area contributed by atoms with Gasteiger partial charge in [-0.15, -0.1) is 0 Å². The Balaban J connectivity index is 1.50. The summed E-state index contributed by atoms with van der Waals surface area (Å²) in [5, 5.41) is 10.4. The Morgan fingerprint density at radius 1 is 1.03 bits per heavy atom. The van der Waals surface area contributed by atoms with Gasteiger partial charge in [0.2, 0.25) is 10.0 Å². The van der Waals surface area contributed by atoms with Crippen LogP contribution in [-0.4, -0.2) is 38.4 Å². The summed E-state index contributed by atoms with van der Waals surface area (Å²) in [5.74, 6) is -1.73. The zero-order chi connectivity index (χ0) is 23.8. The molecule has 0 spiro atoms. The Morgan fingerprint density at radius 3 is 2.45 bits per heavy atom. The maximum absolute atomic E-state index is 13.9. The summed E-state index contributed by atoms with van der Waals surface area (Å²) in [5.41, 5.74) is 0.975. The van der Waals surface area contributed by atoms with Gasteiger partial charge in [-0.2, -0.15) is 0 Å². The summed E-state index contributed by atoms with van der Waals surface area (Å²) in [6.45, 7) is -0.269. The van der Waals surface area contributed by atoms with Crippen molar-refractivity contribution in [1.82, 2.24) is 10.3 Å². The van der Waals surface area contributed by atoms with Crippen LogP contribution in [-0.2, 0) is 26.0 Å². The molecule has 0 saturated heterocycles. The second-order valence-corrected chi connectivity index (χ2v) is 8.43. The van der Waals surface area contributed by atoms with Gasteiger partial charge in [0, 0.05) is 12.7 Å². The standard InChI is InChI=1S/C22H21FN4O5S/c23-18-5-1-2-6-19(18)27-21-17(4-3-12-26-21)22(29)32-14-20(28)25-13-11-15-7-9-16(10-8-15)33(24,30)31/h1-10,12H,11,13-14H2,(H,25,28)(H,26,27)(H2,24,30,31). The number of rotatable bonds is 9. The van der Waals surface area contributed by atoms with E-state index in [1.165, 1.54) is 48.7 Å². The van der Waals surface area contributed by atoms with Crippen molar-refractivity contribution in [2.75, 3.05) is 18.5 Å². The first kappa shape index (κ1) is 23.8. The Bertz CT molecular complexity index is 1250. The molecule has 0 aliphatic carbocycles. The number of amides is 1. The van der Waals surface area contributed by atoms with Crippen molar-refractivity contribution in [3.05, 3.63) is 83.8 Å². The van der Waals surface area contributed by atoms with Crippen LogP contribution in [0.1, 0.15) is 15.9 Å². The number of hydrogen-bond donors (Lipinski definition) is 3. The van der Waals surface area contributed by atoms with Crippen LogP contribution in [0.15, 0.2) is 71.8 Å². The van der Waals surface area contributed by atoms with E-state index in [4.69, 9.17) is 9.88 Å². The number of nitrogens with two attached hydrogens (primary N) is 1. The van der Waals surface area contributed by atoms with Crippen LogP contribution < -0.4 is 15.8 Å². The fraction of sp³-hybridized carbons (Fsp3) is 0.136. The van der Waals surface area contributed by atoms with Crippen molar-refractivity contribution >= 4 is 33.4 Å². The Labute approximate surface area is 189 Å². The van der Waals surface area contributed by atoms with Crippen LogP contribution in [0.5, 0.6) is 0 Å². The minimum absolute atomic E-state index is 0.00135. The van der Waals surface area contributed by atoms with Crippen molar-refractivity contribution < 1.29 is 27.1 Å². The van der Waals surface area contributed by atoms with Gasteiger partial charge in [-0.25, -0.2) is 27.7 Å². The average Bonchev–Trinajstić information content (AvgIpc) is 2.79. The molecule has 1 heterocycles. The number of benzene rings is 2. The molecule has 1 amide bonds. The number of carbonyl (C=O) groups is 2. The van der Waals surface area contributed by atoms with Gasteiger partial charge in [0.1, 0.15) is 17.2 Å². The van der Waals surface area contributed by atoms with Crippen molar-refractivity contribution in [1.29, 1.82) is 0 Å². The predicted molar refractivity (Wildman–Crippen MR) is 119 cm³/mol. The highest BCUT2D eigenvalue weighted by Gasteiger charge is 2.16. The van der Waals surface area contributed by atoms with Gasteiger partial charge in [0.05, 0.1) is 10.6 Å². The van der Waals surface area contributed by atoms with E-state index in [1.54, 1.807) is 18.2 Å². The van der Waals surface area contributed by atoms with E-state index in [0.29, 0.717) is 6.42 Å². The highest BCUT2D eigenvalue weighted by molar-refractivity contribution is 7.89. The van der Waals surface area contributed by atoms with E-state index >= 15 is 0 Å². The SMILES string of the molecule is NS(=O)(=O)c1ccc(CCNC(=O)COC(=O)c2cccnc2Nc2ccccc2F)cc1. The molecule has 2 aromatic carbocycles. The summed E-state index contributed by atoms with van der Waals surface area (Å²) in [7, 11) is -3.76. The monoisotopic (exact) mass is 472 g/mol. The third-order valence-corrected chi connectivity index (χ3v) is 5.41. The molecule has 0 saturated carbocycles. The van der Waals surface area contributed by atoms with Crippen molar-refractivity contribution in [2.24, 2.45) is 5.14 Å². The van der Waals surface area contributed by atoms with Gasteiger partial charge >= 0.3 is 5.97 Å². The molecular formula is C22H21FN4O5S. The van der Waals surface area contributed by atoms with Crippen molar-refractivity contribution in [3.63, 3.8) is 0 Å². The number of hydrogen-bond acceptors (Lipinski definition) is 7. The normalized spacial score (nSPS) is 11.0. The van der Waals surface area contributed by atoms with Crippen molar-refractivity contribution in [2.45, 2.75) is 11.3 Å². The van der Waals surface area contributed by atoms with Crippen LogP contribution in [0.3, 0.4) is 0 Å². The van der Waals surface area contributed by atoms with Crippen LogP contribution in [0.25, 0.3) is 0 Å². The van der Waals surface area contributed by atoms with Gasteiger partial charge < -0.3 is 15.4 Å². The van der Waals surface area contributed by atoms with E-state index < -0.39 is 34.3 Å². The molecule has 4 N–H and O–H groups in total. The molecule has 3 aromatic rings. The van der Waals surface area contributed by atoms with E-state index in [-0.39, 0.29) is 28.5 Å². The molecule has 33 heavy (non-hydrogen) atoms. The molecule has 0 atom stereocenters. The zero-order valence-electron chi connectivity index (χ0n) is 17.3. The first-order valence-electron chi connectivity index (χ1n) is 9.76. The number of sulfonamides is 1. The lowest BCUT2D eigenvalue weighted by Crippen LogP contribution is -2.30. The number of esters is 1. The largest absolute Gasteiger partial charge is 0.452 e. The third kappa shape index (κ3) is 6.82. The Hall–Kier alpha value is -3.83. The number of halogens is 1. The first-order valence-corrected chi connectivity index (χ1v) is 11.3. The van der Waals surface area contributed by atoms with Gasteiger partial charge in [-0.1, -0.05) is 24.3 Å². The molecule has 0 fully saturated rings. The minimum atomic E-state index is -3.76. The maximum Gasteiger partial charge on any atom is 0.342 e.